The number of aliphatic carboxylic acids is 1. The molecule has 1 saturated carbocycles. The molecule has 2 atom stereocenters. The third-order valence-corrected chi connectivity index (χ3v) is 3.61. The van der Waals surface area contributed by atoms with Gasteiger partial charge >= 0.3 is 5.97 Å². The summed E-state index contributed by atoms with van der Waals surface area (Å²) in [5.41, 5.74) is 0. The minimum absolute atomic E-state index is 0.0978. The molecule has 0 aromatic carbocycles. The summed E-state index contributed by atoms with van der Waals surface area (Å²) in [5, 5.41) is 9.15. The highest BCUT2D eigenvalue weighted by atomic mass is 16.4. The van der Waals surface area contributed by atoms with Crippen LogP contribution < -0.4 is 0 Å². The Hall–Kier alpha value is -0.570. The minimum atomic E-state index is -0.591. The van der Waals surface area contributed by atoms with E-state index in [1.807, 2.05) is 0 Å². The molecule has 0 saturated heterocycles. The van der Waals surface area contributed by atoms with Gasteiger partial charge in [0.2, 0.25) is 0 Å². The average Bonchev–Trinajstić information content (AvgIpc) is 2.26. The second kappa shape index (κ2) is 6.11. The Balaban J connectivity index is 2.52. The van der Waals surface area contributed by atoms with E-state index in [1.165, 1.54) is 6.42 Å². The normalized spacial score (nSPS) is 26.9. The molecule has 0 heterocycles. The maximum absolute atomic E-state index is 11.1. The van der Waals surface area contributed by atoms with Gasteiger partial charge in [-0.25, -0.2) is 0 Å². The number of hydrogen-bond donors (Lipinski definition) is 1. The van der Waals surface area contributed by atoms with Gasteiger partial charge in [0.15, 0.2) is 0 Å². The second-order valence-corrected chi connectivity index (χ2v) is 4.48. The molecule has 0 amide bonds. The zero-order chi connectivity index (χ0) is 11.3. The number of hydrogen-bond acceptors (Lipinski definition) is 2. The third kappa shape index (κ3) is 3.49. The summed E-state index contributed by atoms with van der Waals surface area (Å²) in [5.74, 6) is -0.317. The van der Waals surface area contributed by atoms with Crippen LogP contribution >= 0.6 is 0 Å². The first-order valence-corrected chi connectivity index (χ1v) is 6.14. The number of carboxylic acids is 1. The van der Waals surface area contributed by atoms with E-state index in [1.54, 1.807) is 0 Å². The standard InChI is InChI=1S/C12H23NO2/c1-3-13(4-2)9-10-7-5-6-8-11(10)12(14)15/h10-11H,3-9H2,1-2H3,(H,14,15)/t10-,11-/m0/s1. The zero-order valence-electron chi connectivity index (χ0n) is 9.91. The fourth-order valence-electron chi connectivity index (χ4n) is 2.56. The minimum Gasteiger partial charge on any atom is -0.481 e. The summed E-state index contributed by atoms with van der Waals surface area (Å²) >= 11 is 0. The molecule has 0 radical (unpaired) electrons. The Morgan fingerprint density at radius 2 is 1.87 bits per heavy atom. The molecule has 0 aromatic rings. The summed E-state index contributed by atoms with van der Waals surface area (Å²) < 4.78 is 0. The van der Waals surface area contributed by atoms with Crippen molar-refractivity contribution in [3.8, 4) is 0 Å². The molecule has 0 aliphatic heterocycles. The molecular weight excluding hydrogens is 190 g/mol. The largest absolute Gasteiger partial charge is 0.481 e. The van der Waals surface area contributed by atoms with Crippen molar-refractivity contribution in [1.29, 1.82) is 0 Å². The van der Waals surface area contributed by atoms with Crippen molar-refractivity contribution in [1.82, 2.24) is 4.90 Å². The van der Waals surface area contributed by atoms with Gasteiger partial charge in [-0.05, 0) is 31.8 Å². The van der Waals surface area contributed by atoms with E-state index in [0.717, 1.165) is 38.9 Å². The van der Waals surface area contributed by atoms with Crippen LogP contribution in [0.25, 0.3) is 0 Å². The van der Waals surface area contributed by atoms with Gasteiger partial charge < -0.3 is 10.0 Å². The lowest BCUT2D eigenvalue weighted by Gasteiger charge is -2.32. The summed E-state index contributed by atoms with van der Waals surface area (Å²) in [4.78, 5) is 13.4. The molecule has 0 unspecified atom stereocenters. The number of nitrogens with zero attached hydrogens (tertiary/aromatic N) is 1. The molecule has 0 aromatic heterocycles. The van der Waals surface area contributed by atoms with E-state index in [4.69, 9.17) is 5.11 Å². The summed E-state index contributed by atoms with van der Waals surface area (Å²) in [6.07, 6.45) is 4.26. The molecule has 1 aliphatic rings. The highest BCUT2D eigenvalue weighted by Gasteiger charge is 2.31. The van der Waals surface area contributed by atoms with Crippen LogP contribution in [0.5, 0.6) is 0 Å². The second-order valence-electron chi connectivity index (χ2n) is 4.48. The summed E-state index contributed by atoms with van der Waals surface area (Å²) in [6.45, 7) is 7.30. The topological polar surface area (TPSA) is 40.5 Å². The number of carboxylic acid groups (broad SMARTS) is 1. The lowest BCUT2D eigenvalue weighted by Crippen LogP contribution is -2.37. The van der Waals surface area contributed by atoms with Crippen molar-refractivity contribution in [2.75, 3.05) is 19.6 Å². The van der Waals surface area contributed by atoms with E-state index >= 15 is 0 Å². The lowest BCUT2D eigenvalue weighted by atomic mass is 9.79. The highest BCUT2D eigenvalue weighted by molar-refractivity contribution is 5.70. The van der Waals surface area contributed by atoms with Crippen molar-refractivity contribution in [2.24, 2.45) is 11.8 Å². The third-order valence-electron chi connectivity index (χ3n) is 3.61. The first-order valence-electron chi connectivity index (χ1n) is 6.14. The molecule has 88 valence electrons. The molecule has 1 aliphatic carbocycles. The van der Waals surface area contributed by atoms with Gasteiger partial charge in [-0.15, -0.1) is 0 Å². The SMILES string of the molecule is CCN(CC)C[C@@H]1CCCC[C@@H]1C(=O)O. The van der Waals surface area contributed by atoms with E-state index in [9.17, 15) is 4.79 Å². The molecular formula is C12H23NO2. The van der Waals surface area contributed by atoms with E-state index in [2.05, 4.69) is 18.7 Å². The maximum Gasteiger partial charge on any atom is 0.306 e. The zero-order valence-corrected chi connectivity index (χ0v) is 9.91. The Bertz CT molecular complexity index is 202. The molecule has 0 spiro atoms. The quantitative estimate of drug-likeness (QED) is 0.761. The predicted octanol–water partition coefficient (Wildman–Crippen LogP) is 2.22. The van der Waals surface area contributed by atoms with Crippen LogP contribution in [0.2, 0.25) is 0 Å². The molecule has 1 N–H and O–H groups in total. The van der Waals surface area contributed by atoms with Gasteiger partial charge in [0.25, 0.3) is 0 Å². The molecule has 3 nitrogen and oxygen atoms in total. The molecule has 15 heavy (non-hydrogen) atoms. The van der Waals surface area contributed by atoms with Gasteiger partial charge in [0.05, 0.1) is 5.92 Å². The van der Waals surface area contributed by atoms with Crippen LogP contribution in [0.15, 0.2) is 0 Å². The average molecular weight is 213 g/mol. The van der Waals surface area contributed by atoms with Gasteiger partial charge in [0, 0.05) is 6.54 Å². The fourth-order valence-corrected chi connectivity index (χ4v) is 2.56. The van der Waals surface area contributed by atoms with E-state index in [-0.39, 0.29) is 5.92 Å². The van der Waals surface area contributed by atoms with Gasteiger partial charge in [0.1, 0.15) is 0 Å². The van der Waals surface area contributed by atoms with Gasteiger partial charge in [-0.2, -0.15) is 0 Å². The monoisotopic (exact) mass is 213 g/mol. The van der Waals surface area contributed by atoms with Gasteiger partial charge in [-0.3, -0.25) is 4.79 Å². The van der Waals surface area contributed by atoms with Crippen LogP contribution in [-0.4, -0.2) is 35.6 Å². The number of rotatable bonds is 5. The van der Waals surface area contributed by atoms with Crippen molar-refractivity contribution >= 4 is 5.97 Å². The Labute approximate surface area is 92.5 Å². The van der Waals surface area contributed by atoms with Crippen molar-refractivity contribution < 1.29 is 9.90 Å². The Morgan fingerprint density at radius 3 is 2.40 bits per heavy atom. The summed E-state index contributed by atoms with van der Waals surface area (Å²) in [7, 11) is 0. The van der Waals surface area contributed by atoms with Crippen LogP contribution in [-0.2, 0) is 4.79 Å². The van der Waals surface area contributed by atoms with Crippen molar-refractivity contribution in [3.05, 3.63) is 0 Å². The lowest BCUT2D eigenvalue weighted by molar-refractivity contribution is -0.145. The summed E-state index contributed by atoms with van der Waals surface area (Å²) in [6, 6.07) is 0. The predicted molar refractivity (Wildman–Crippen MR) is 60.9 cm³/mol. The fraction of sp³-hybridized carbons (Fsp3) is 0.917. The first kappa shape index (κ1) is 12.5. The Kier molecular flexibility index (Phi) is 5.09. The van der Waals surface area contributed by atoms with E-state index in [0.29, 0.717) is 5.92 Å². The van der Waals surface area contributed by atoms with Crippen LogP contribution in [0.3, 0.4) is 0 Å². The van der Waals surface area contributed by atoms with Crippen molar-refractivity contribution in [2.45, 2.75) is 39.5 Å². The highest BCUT2D eigenvalue weighted by Crippen LogP contribution is 2.30. The van der Waals surface area contributed by atoms with Crippen LogP contribution in [0.1, 0.15) is 39.5 Å². The van der Waals surface area contributed by atoms with Gasteiger partial charge in [-0.1, -0.05) is 26.7 Å². The van der Waals surface area contributed by atoms with Crippen LogP contribution in [0.4, 0.5) is 0 Å². The molecule has 1 rings (SSSR count). The number of carbonyl (C=O) groups is 1. The molecule has 1 fully saturated rings. The molecule has 0 bridgehead atoms. The van der Waals surface area contributed by atoms with Crippen LogP contribution in [0, 0.1) is 11.8 Å². The van der Waals surface area contributed by atoms with E-state index < -0.39 is 5.97 Å². The first-order chi connectivity index (χ1) is 7.19. The Morgan fingerprint density at radius 1 is 1.27 bits per heavy atom. The smallest absolute Gasteiger partial charge is 0.306 e. The maximum atomic E-state index is 11.1. The van der Waals surface area contributed by atoms with Crippen molar-refractivity contribution in [3.63, 3.8) is 0 Å². The molecule has 3 heteroatoms.